The van der Waals surface area contributed by atoms with Crippen LogP contribution in [-0.4, -0.2) is 61.9 Å². The van der Waals surface area contributed by atoms with E-state index in [1.807, 2.05) is 24.3 Å². The molecule has 170 valence electrons. The molecule has 1 N–H and O–H groups in total. The number of rotatable bonds is 8. The van der Waals surface area contributed by atoms with Crippen molar-refractivity contribution < 1.29 is 8.42 Å². The topological polar surface area (TPSA) is 78.4 Å². The lowest BCUT2D eigenvalue weighted by atomic mass is 10.1. The maximum Gasteiger partial charge on any atom is 0.240 e. The fraction of sp³-hybridized carbons (Fsp3) is 0.333. The van der Waals surface area contributed by atoms with Gasteiger partial charge in [-0.15, -0.1) is 0 Å². The van der Waals surface area contributed by atoms with Crippen molar-refractivity contribution >= 4 is 54.2 Å². The highest BCUT2D eigenvalue weighted by Gasteiger charge is 2.21. The Morgan fingerprint density at radius 2 is 1.72 bits per heavy atom. The van der Waals surface area contributed by atoms with Crippen molar-refractivity contribution in [3.05, 3.63) is 69.4 Å². The van der Waals surface area contributed by atoms with Gasteiger partial charge in [0, 0.05) is 66.7 Å². The number of nitrogens with zero attached hydrogens (tertiary/aromatic N) is 4. The van der Waals surface area contributed by atoms with E-state index in [9.17, 15) is 8.42 Å². The predicted molar refractivity (Wildman–Crippen MR) is 132 cm³/mol. The third-order valence-electron chi connectivity index (χ3n) is 5.22. The molecule has 2 heterocycles. The first-order valence-electron chi connectivity index (χ1n) is 10.2. The van der Waals surface area contributed by atoms with E-state index in [0.717, 1.165) is 52.2 Å². The molecule has 4 rings (SSSR count). The summed E-state index contributed by atoms with van der Waals surface area (Å²) in [6.07, 6.45) is 0.687. The highest BCUT2D eigenvalue weighted by atomic mass is 79.9. The monoisotopic (exact) mass is 555 g/mol. The van der Waals surface area contributed by atoms with E-state index in [4.69, 9.17) is 16.6 Å². The Morgan fingerprint density at radius 1 is 1.03 bits per heavy atom. The molecule has 0 radical (unpaired) electrons. The Labute approximate surface area is 205 Å². The zero-order chi connectivity index (χ0) is 22.6. The van der Waals surface area contributed by atoms with Crippen molar-refractivity contribution in [2.45, 2.75) is 11.3 Å². The third kappa shape index (κ3) is 6.27. The van der Waals surface area contributed by atoms with Gasteiger partial charge in [0.1, 0.15) is 5.82 Å². The van der Waals surface area contributed by atoms with Crippen LogP contribution in [0.1, 0.15) is 11.4 Å². The normalized spacial score (nSPS) is 15.2. The summed E-state index contributed by atoms with van der Waals surface area (Å²) >= 11 is 10.7. The maximum absolute atomic E-state index is 12.4. The van der Waals surface area contributed by atoms with Crippen molar-refractivity contribution in [3.63, 3.8) is 0 Å². The first-order valence-corrected chi connectivity index (χ1v) is 13.6. The second-order valence-electron chi connectivity index (χ2n) is 7.48. The molecule has 0 aliphatic carbocycles. The summed E-state index contributed by atoms with van der Waals surface area (Å²) in [4.78, 5) is 9.47. The molecular weight excluding hydrogens is 534 g/mol. The molecule has 3 aromatic rings. The molecule has 2 aromatic carbocycles. The first kappa shape index (κ1) is 23.6. The molecule has 32 heavy (non-hydrogen) atoms. The zero-order valence-corrected chi connectivity index (χ0v) is 21.2. The van der Waals surface area contributed by atoms with Crippen LogP contribution in [0.25, 0.3) is 0 Å². The lowest BCUT2D eigenvalue weighted by Crippen LogP contribution is -2.48. The number of nitrogens with one attached hydrogen (secondary N) is 1. The van der Waals surface area contributed by atoms with E-state index in [1.54, 1.807) is 24.3 Å². The van der Waals surface area contributed by atoms with Crippen LogP contribution in [0, 0.1) is 0 Å². The average Bonchev–Trinajstić information content (AvgIpc) is 3.24. The summed E-state index contributed by atoms with van der Waals surface area (Å²) < 4.78 is 32.8. The molecule has 7 nitrogen and oxygen atoms in total. The largest absolute Gasteiger partial charge is 0.344 e. The number of halogens is 2. The molecule has 1 aromatic heterocycles. The summed E-state index contributed by atoms with van der Waals surface area (Å²) in [5, 5.41) is 1.66. The van der Waals surface area contributed by atoms with E-state index >= 15 is 0 Å². The van der Waals surface area contributed by atoms with Crippen molar-refractivity contribution in [1.82, 2.24) is 19.0 Å². The van der Waals surface area contributed by atoms with E-state index in [1.165, 1.54) is 11.5 Å². The van der Waals surface area contributed by atoms with Crippen LogP contribution in [0.2, 0.25) is 5.02 Å². The molecule has 0 atom stereocenters. The van der Waals surface area contributed by atoms with Crippen LogP contribution < -0.4 is 9.62 Å². The third-order valence-corrected chi connectivity index (χ3v) is 8.29. The van der Waals surface area contributed by atoms with Gasteiger partial charge in [-0.2, -0.15) is 4.37 Å². The molecule has 1 aliphatic rings. The molecule has 0 spiro atoms. The van der Waals surface area contributed by atoms with Crippen LogP contribution in [0.3, 0.4) is 0 Å². The number of hydrogen-bond donors (Lipinski definition) is 1. The van der Waals surface area contributed by atoms with Gasteiger partial charge in [0.2, 0.25) is 15.2 Å². The Morgan fingerprint density at radius 3 is 2.41 bits per heavy atom. The van der Waals surface area contributed by atoms with Gasteiger partial charge in [0.15, 0.2) is 0 Å². The van der Waals surface area contributed by atoms with Crippen molar-refractivity contribution in [3.8, 4) is 0 Å². The van der Waals surface area contributed by atoms with Crippen molar-refractivity contribution in [1.29, 1.82) is 0 Å². The van der Waals surface area contributed by atoms with Crippen LogP contribution in [0.5, 0.6) is 0 Å². The first-order chi connectivity index (χ1) is 15.4. The zero-order valence-electron chi connectivity index (χ0n) is 17.2. The summed E-state index contributed by atoms with van der Waals surface area (Å²) in [6, 6.07) is 14.4. The molecule has 1 fully saturated rings. The average molecular weight is 557 g/mol. The van der Waals surface area contributed by atoms with E-state index < -0.39 is 10.0 Å². The highest BCUT2D eigenvalue weighted by molar-refractivity contribution is 9.10. The summed E-state index contributed by atoms with van der Waals surface area (Å²) in [6.45, 7) is 4.44. The van der Waals surface area contributed by atoms with Crippen molar-refractivity contribution in [2.75, 3.05) is 44.2 Å². The van der Waals surface area contributed by atoms with Gasteiger partial charge in [-0.25, -0.2) is 18.1 Å². The van der Waals surface area contributed by atoms with Crippen molar-refractivity contribution in [2.24, 2.45) is 0 Å². The minimum Gasteiger partial charge on any atom is -0.344 e. The maximum atomic E-state index is 12.4. The number of benzene rings is 2. The molecule has 11 heteroatoms. The number of piperazine rings is 1. The van der Waals surface area contributed by atoms with Gasteiger partial charge in [-0.1, -0.05) is 39.7 Å². The lowest BCUT2D eigenvalue weighted by molar-refractivity contribution is 0.262. The number of hydrogen-bond acceptors (Lipinski definition) is 7. The van der Waals surface area contributed by atoms with Gasteiger partial charge in [-0.3, -0.25) is 4.90 Å². The minimum absolute atomic E-state index is 0.274. The SMILES string of the molecule is O=S(=O)(NCCN1CCN(c2nc(Cc3ccc(Cl)cc3)ns2)CC1)c1ccc(Br)cc1. The van der Waals surface area contributed by atoms with Gasteiger partial charge in [0.25, 0.3) is 0 Å². The Kier molecular flexibility index (Phi) is 7.80. The lowest BCUT2D eigenvalue weighted by Gasteiger charge is -2.34. The fourth-order valence-electron chi connectivity index (χ4n) is 3.43. The molecule has 0 bridgehead atoms. The summed E-state index contributed by atoms with van der Waals surface area (Å²) in [7, 11) is -3.49. The number of sulfonamides is 1. The van der Waals surface area contributed by atoms with Crippen LogP contribution >= 0.6 is 39.1 Å². The molecule has 0 amide bonds. The Hall–Kier alpha value is -1.56. The van der Waals surface area contributed by atoms with Crippen LogP contribution in [-0.2, 0) is 16.4 Å². The molecular formula is C21H23BrClN5O2S2. The number of anilines is 1. The van der Waals surface area contributed by atoms with Gasteiger partial charge in [-0.05, 0) is 42.0 Å². The molecule has 0 unspecified atom stereocenters. The second kappa shape index (κ2) is 10.6. The highest BCUT2D eigenvalue weighted by Crippen LogP contribution is 2.21. The van der Waals surface area contributed by atoms with Crippen LogP contribution in [0.15, 0.2) is 57.9 Å². The smallest absolute Gasteiger partial charge is 0.240 e. The number of aromatic nitrogens is 2. The Balaban J connectivity index is 1.23. The van der Waals surface area contributed by atoms with E-state index in [-0.39, 0.29) is 4.90 Å². The second-order valence-corrected chi connectivity index (χ2v) is 11.3. The van der Waals surface area contributed by atoms with E-state index in [0.29, 0.717) is 19.5 Å². The fourth-order valence-corrected chi connectivity index (χ4v) is 5.58. The minimum atomic E-state index is -3.49. The summed E-state index contributed by atoms with van der Waals surface area (Å²) in [5.41, 5.74) is 1.13. The Bertz CT molecular complexity index is 1130. The van der Waals surface area contributed by atoms with Gasteiger partial charge < -0.3 is 4.90 Å². The molecule has 1 saturated heterocycles. The predicted octanol–water partition coefficient (Wildman–Crippen LogP) is 3.65. The van der Waals surface area contributed by atoms with Crippen LogP contribution in [0.4, 0.5) is 5.13 Å². The summed E-state index contributed by atoms with van der Waals surface area (Å²) in [5.74, 6) is 0.817. The van der Waals surface area contributed by atoms with E-state index in [2.05, 4.69) is 34.8 Å². The quantitative estimate of drug-likeness (QED) is 0.456. The molecule has 1 aliphatic heterocycles. The van der Waals surface area contributed by atoms with Gasteiger partial charge >= 0.3 is 0 Å². The standard InChI is InChI=1S/C21H23BrClN5O2S2/c22-17-3-7-19(8-4-17)32(29,30)24-9-10-27-11-13-28(14-12-27)21-25-20(26-31-21)15-16-1-5-18(23)6-2-16/h1-8,24H,9-15H2. The molecule has 0 saturated carbocycles. The van der Waals surface area contributed by atoms with Gasteiger partial charge in [0.05, 0.1) is 4.90 Å².